The molecule has 1 heterocycles. The number of nitrogens with zero attached hydrogens (tertiary/aromatic N) is 2. The minimum absolute atomic E-state index is 0.180. The van der Waals surface area contributed by atoms with E-state index in [9.17, 15) is 0 Å². The van der Waals surface area contributed by atoms with Gasteiger partial charge in [0.1, 0.15) is 0 Å². The molecule has 0 amide bonds. The second-order valence-electron chi connectivity index (χ2n) is 12.5. The number of rotatable bonds is 6. The number of anilines is 2. The number of benzene rings is 7. The predicted molar refractivity (Wildman–Crippen MR) is 204 cm³/mol. The van der Waals surface area contributed by atoms with Crippen LogP contribution in [0, 0.1) is 0 Å². The Labute approximate surface area is 281 Å². The molecule has 48 heavy (non-hydrogen) atoms. The second-order valence-corrected chi connectivity index (χ2v) is 12.5. The van der Waals surface area contributed by atoms with Crippen molar-refractivity contribution in [2.24, 2.45) is 0 Å². The standard InChI is InChI=1S/C46H34N2/c1-2-11-33(12-3-1)34-21-27-38(28-22-34)47(44-20-10-14-37-13-4-5-15-41(37)44)39-29-23-35(24-30-39)36-25-31-40(32-26-36)48-45-18-8-6-16-42(45)43-17-7-9-19-46(43)48/h1-29,31-32,39H,30H2. The van der Waals surface area contributed by atoms with Gasteiger partial charge in [0.25, 0.3) is 0 Å². The molecule has 1 unspecified atom stereocenters. The molecule has 0 saturated carbocycles. The molecule has 1 aromatic heterocycles. The number of allylic oxidation sites excluding steroid dienone is 2. The smallest absolute Gasteiger partial charge is 0.0560 e. The topological polar surface area (TPSA) is 8.17 Å². The van der Waals surface area contributed by atoms with Crippen molar-refractivity contribution in [1.29, 1.82) is 0 Å². The zero-order chi connectivity index (χ0) is 31.9. The number of para-hydroxylation sites is 2. The lowest BCUT2D eigenvalue weighted by molar-refractivity contribution is 0.789. The highest BCUT2D eigenvalue weighted by molar-refractivity contribution is 6.09. The molecule has 0 radical (unpaired) electrons. The summed E-state index contributed by atoms with van der Waals surface area (Å²) in [7, 11) is 0. The van der Waals surface area contributed by atoms with E-state index in [2.05, 4.69) is 198 Å². The van der Waals surface area contributed by atoms with Crippen LogP contribution in [0.5, 0.6) is 0 Å². The summed E-state index contributed by atoms with van der Waals surface area (Å²) in [4.78, 5) is 2.51. The molecule has 228 valence electrons. The van der Waals surface area contributed by atoms with Crippen molar-refractivity contribution in [3.8, 4) is 16.8 Å². The van der Waals surface area contributed by atoms with Crippen LogP contribution in [0.25, 0.3) is 55.0 Å². The SMILES string of the molecule is C1=CC(N(c2ccc(-c3ccccc3)cc2)c2cccc3ccccc23)CC=C1c1ccc(-n2c3ccccc3c3ccccc32)cc1. The van der Waals surface area contributed by atoms with E-state index in [0.29, 0.717) is 0 Å². The van der Waals surface area contributed by atoms with Crippen LogP contribution in [0.4, 0.5) is 11.4 Å². The average Bonchev–Trinajstić information content (AvgIpc) is 3.50. The summed E-state index contributed by atoms with van der Waals surface area (Å²) in [5, 5.41) is 5.08. The van der Waals surface area contributed by atoms with Crippen molar-refractivity contribution in [3.05, 3.63) is 194 Å². The first-order valence-electron chi connectivity index (χ1n) is 16.7. The number of hydrogen-bond acceptors (Lipinski definition) is 1. The number of hydrogen-bond donors (Lipinski definition) is 0. The van der Waals surface area contributed by atoms with Crippen LogP contribution in [0.3, 0.4) is 0 Å². The molecule has 0 fully saturated rings. The lowest BCUT2D eigenvalue weighted by Crippen LogP contribution is -2.30. The molecule has 0 spiro atoms. The molecule has 7 aromatic carbocycles. The van der Waals surface area contributed by atoms with Gasteiger partial charge in [-0.1, -0.05) is 146 Å². The quantitative estimate of drug-likeness (QED) is 0.181. The molecule has 8 aromatic rings. The van der Waals surface area contributed by atoms with Crippen LogP contribution in [-0.2, 0) is 0 Å². The summed E-state index contributed by atoms with van der Waals surface area (Å²) in [5.41, 5.74) is 11.0. The van der Waals surface area contributed by atoms with Gasteiger partial charge in [0.2, 0.25) is 0 Å². The molecule has 1 aliphatic carbocycles. The van der Waals surface area contributed by atoms with Gasteiger partial charge in [0.05, 0.1) is 17.1 Å². The van der Waals surface area contributed by atoms with E-state index in [1.807, 2.05) is 0 Å². The molecule has 1 atom stereocenters. The molecule has 0 bridgehead atoms. The Hall–Kier alpha value is -6.12. The molecule has 0 N–H and O–H groups in total. The molecule has 2 nitrogen and oxygen atoms in total. The lowest BCUT2D eigenvalue weighted by atomic mass is 9.94. The Morgan fingerprint density at radius 2 is 1.06 bits per heavy atom. The van der Waals surface area contributed by atoms with Crippen molar-refractivity contribution >= 4 is 49.5 Å². The highest BCUT2D eigenvalue weighted by atomic mass is 15.2. The Balaban J connectivity index is 1.04. The Kier molecular flexibility index (Phi) is 6.98. The van der Waals surface area contributed by atoms with Gasteiger partial charge in [0.15, 0.2) is 0 Å². The average molecular weight is 615 g/mol. The van der Waals surface area contributed by atoms with E-state index >= 15 is 0 Å². The monoisotopic (exact) mass is 614 g/mol. The van der Waals surface area contributed by atoms with Crippen molar-refractivity contribution in [2.75, 3.05) is 4.90 Å². The van der Waals surface area contributed by atoms with Crippen LogP contribution in [0.1, 0.15) is 12.0 Å². The van der Waals surface area contributed by atoms with Crippen LogP contribution in [0.2, 0.25) is 0 Å². The zero-order valence-electron chi connectivity index (χ0n) is 26.6. The second kappa shape index (κ2) is 11.9. The minimum Gasteiger partial charge on any atom is -0.334 e. The van der Waals surface area contributed by atoms with E-state index < -0.39 is 0 Å². The number of aromatic nitrogens is 1. The molecule has 0 saturated heterocycles. The van der Waals surface area contributed by atoms with Crippen LogP contribution >= 0.6 is 0 Å². The maximum Gasteiger partial charge on any atom is 0.0560 e. The highest BCUT2D eigenvalue weighted by Gasteiger charge is 2.22. The Morgan fingerprint density at radius 3 is 1.75 bits per heavy atom. The highest BCUT2D eigenvalue weighted by Crippen LogP contribution is 2.38. The van der Waals surface area contributed by atoms with E-state index in [-0.39, 0.29) is 6.04 Å². The van der Waals surface area contributed by atoms with Crippen molar-refractivity contribution in [1.82, 2.24) is 4.57 Å². The van der Waals surface area contributed by atoms with Crippen LogP contribution < -0.4 is 4.90 Å². The third kappa shape index (κ3) is 4.90. The first kappa shape index (κ1) is 28.1. The fourth-order valence-corrected chi connectivity index (χ4v) is 7.39. The first-order chi connectivity index (χ1) is 23.8. The van der Waals surface area contributed by atoms with Crippen LogP contribution in [0.15, 0.2) is 188 Å². The van der Waals surface area contributed by atoms with E-state index in [0.717, 1.165) is 6.42 Å². The normalized spacial score (nSPS) is 14.4. The van der Waals surface area contributed by atoms with Gasteiger partial charge in [0, 0.05) is 33.2 Å². The molecule has 0 aliphatic heterocycles. The third-order valence-electron chi connectivity index (χ3n) is 9.73. The number of fused-ring (bicyclic) bond motifs is 4. The van der Waals surface area contributed by atoms with Gasteiger partial charge in [-0.3, -0.25) is 0 Å². The Bertz CT molecular complexity index is 2410. The summed E-state index contributed by atoms with van der Waals surface area (Å²) >= 11 is 0. The maximum absolute atomic E-state index is 2.51. The first-order valence-corrected chi connectivity index (χ1v) is 16.7. The molecule has 2 heteroatoms. The van der Waals surface area contributed by atoms with E-state index in [1.54, 1.807) is 0 Å². The van der Waals surface area contributed by atoms with Gasteiger partial charge in [-0.05, 0) is 76.5 Å². The van der Waals surface area contributed by atoms with E-state index in [4.69, 9.17) is 0 Å². The van der Waals surface area contributed by atoms with Gasteiger partial charge >= 0.3 is 0 Å². The molecule has 9 rings (SSSR count). The van der Waals surface area contributed by atoms with Gasteiger partial charge in [-0.25, -0.2) is 0 Å². The van der Waals surface area contributed by atoms with Crippen molar-refractivity contribution < 1.29 is 0 Å². The molecular formula is C46H34N2. The van der Waals surface area contributed by atoms with Gasteiger partial charge < -0.3 is 9.47 Å². The largest absolute Gasteiger partial charge is 0.334 e. The third-order valence-corrected chi connectivity index (χ3v) is 9.73. The summed E-state index contributed by atoms with van der Waals surface area (Å²) in [5.74, 6) is 0. The van der Waals surface area contributed by atoms with Gasteiger partial charge in [-0.2, -0.15) is 0 Å². The van der Waals surface area contributed by atoms with Crippen molar-refractivity contribution in [3.63, 3.8) is 0 Å². The predicted octanol–water partition coefficient (Wildman–Crippen LogP) is 12.2. The van der Waals surface area contributed by atoms with Crippen molar-refractivity contribution in [2.45, 2.75) is 12.5 Å². The summed E-state index contributed by atoms with van der Waals surface area (Å²) in [6.07, 6.45) is 7.99. The summed E-state index contributed by atoms with van der Waals surface area (Å²) in [6, 6.07) is 61.5. The minimum atomic E-state index is 0.180. The summed E-state index contributed by atoms with van der Waals surface area (Å²) in [6.45, 7) is 0. The molecular weight excluding hydrogens is 581 g/mol. The van der Waals surface area contributed by atoms with Gasteiger partial charge in [-0.15, -0.1) is 0 Å². The Morgan fingerprint density at radius 1 is 0.479 bits per heavy atom. The fourth-order valence-electron chi connectivity index (χ4n) is 7.39. The molecule has 1 aliphatic rings. The summed E-state index contributed by atoms with van der Waals surface area (Å²) < 4.78 is 2.38. The lowest BCUT2D eigenvalue weighted by Gasteiger charge is -2.34. The van der Waals surface area contributed by atoms with Crippen LogP contribution in [-0.4, -0.2) is 10.6 Å². The zero-order valence-corrected chi connectivity index (χ0v) is 26.6. The fraction of sp³-hybridized carbons (Fsp3) is 0.0435. The maximum atomic E-state index is 2.51. The van der Waals surface area contributed by atoms with E-state index in [1.165, 1.54) is 71.9 Å².